The van der Waals surface area contributed by atoms with Crippen LogP contribution in [0.4, 0.5) is 5.13 Å². The molecule has 2 heterocycles. The summed E-state index contributed by atoms with van der Waals surface area (Å²) in [4.78, 5) is 22.4. The lowest BCUT2D eigenvalue weighted by Gasteiger charge is -2.25. The zero-order valence-corrected chi connectivity index (χ0v) is 20.0. The maximum absolute atomic E-state index is 13.5. The number of hydrogen-bond acceptors (Lipinski definition) is 6. The molecule has 3 aromatic rings. The molecule has 1 aliphatic rings. The molecule has 0 N–H and O–H groups in total. The molecule has 0 spiro atoms. The topological polar surface area (TPSA) is 54.9 Å². The Morgan fingerprint density at radius 2 is 1.80 bits per heavy atom. The summed E-state index contributed by atoms with van der Waals surface area (Å²) in [6.45, 7) is 8.63. The maximum atomic E-state index is 13.5. The van der Waals surface area contributed by atoms with E-state index in [0.717, 1.165) is 39.2 Å². The van der Waals surface area contributed by atoms with E-state index in [4.69, 9.17) is 14.5 Å². The van der Waals surface area contributed by atoms with Crippen LogP contribution in [0.15, 0.2) is 36.4 Å². The molecule has 30 heavy (non-hydrogen) atoms. The fourth-order valence-corrected chi connectivity index (χ4v) is 5.03. The number of halogens is 1. The zero-order valence-electron chi connectivity index (χ0n) is 17.1. The van der Waals surface area contributed by atoms with Crippen LogP contribution < -0.4 is 14.4 Å². The first kappa shape index (κ1) is 21.3. The van der Waals surface area contributed by atoms with Gasteiger partial charge in [0.1, 0.15) is 13.2 Å². The smallest absolute Gasteiger partial charge is 0.261 e. The highest BCUT2D eigenvalue weighted by atomic mass is 127. The van der Waals surface area contributed by atoms with Crippen LogP contribution in [-0.4, -0.2) is 55.2 Å². The van der Waals surface area contributed by atoms with Crippen LogP contribution >= 0.6 is 33.9 Å². The molecule has 1 aliphatic heterocycles. The minimum Gasteiger partial charge on any atom is -0.486 e. The highest BCUT2D eigenvalue weighted by Gasteiger charge is 2.24. The van der Waals surface area contributed by atoms with E-state index in [-0.39, 0.29) is 5.91 Å². The van der Waals surface area contributed by atoms with Crippen molar-refractivity contribution in [3.8, 4) is 11.5 Å². The lowest BCUT2D eigenvalue weighted by Crippen LogP contribution is -2.39. The molecule has 0 atom stereocenters. The van der Waals surface area contributed by atoms with Crippen molar-refractivity contribution in [3.63, 3.8) is 0 Å². The second-order valence-electron chi connectivity index (χ2n) is 6.92. The number of thiazole rings is 1. The van der Waals surface area contributed by atoms with Gasteiger partial charge in [0, 0.05) is 28.8 Å². The van der Waals surface area contributed by atoms with Crippen LogP contribution in [-0.2, 0) is 0 Å². The second kappa shape index (κ2) is 9.49. The molecule has 8 heteroatoms. The summed E-state index contributed by atoms with van der Waals surface area (Å²) >= 11 is 3.73. The van der Waals surface area contributed by atoms with E-state index in [1.165, 1.54) is 11.3 Å². The lowest BCUT2D eigenvalue weighted by molar-refractivity contribution is 0.0983. The predicted octanol–water partition coefficient (Wildman–Crippen LogP) is 4.66. The van der Waals surface area contributed by atoms with Crippen LogP contribution in [0.3, 0.4) is 0 Å². The van der Waals surface area contributed by atoms with E-state index in [2.05, 4.69) is 41.3 Å². The summed E-state index contributed by atoms with van der Waals surface area (Å²) in [6, 6.07) is 11.5. The van der Waals surface area contributed by atoms with Crippen molar-refractivity contribution >= 4 is 55.2 Å². The normalized spacial score (nSPS) is 13.1. The number of aromatic nitrogens is 1. The minimum atomic E-state index is -0.0246. The van der Waals surface area contributed by atoms with Crippen LogP contribution in [0.5, 0.6) is 11.5 Å². The third kappa shape index (κ3) is 4.40. The molecule has 0 saturated heterocycles. The molecule has 0 unspecified atom stereocenters. The van der Waals surface area contributed by atoms with Gasteiger partial charge in [0.2, 0.25) is 0 Å². The van der Waals surface area contributed by atoms with Crippen molar-refractivity contribution in [3.05, 3.63) is 45.5 Å². The van der Waals surface area contributed by atoms with Gasteiger partial charge in [0.25, 0.3) is 5.91 Å². The molecule has 158 valence electrons. The fraction of sp³-hybridized carbons (Fsp3) is 0.364. The van der Waals surface area contributed by atoms with Crippen molar-refractivity contribution in [1.82, 2.24) is 9.88 Å². The molecule has 2 aromatic carbocycles. The average Bonchev–Trinajstić information content (AvgIpc) is 3.17. The van der Waals surface area contributed by atoms with Gasteiger partial charge in [-0.3, -0.25) is 9.69 Å². The molecule has 6 nitrogen and oxygen atoms in total. The Morgan fingerprint density at radius 3 is 2.50 bits per heavy atom. The van der Waals surface area contributed by atoms with Gasteiger partial charge in [-0.15, -0.1) is 0 Å². The summed E-state index contributed by atoms with van der Waals surface area (Å²) in [7, 11) is 0. The molecule has 0 radical (unpaired) electrons. The quantitative estimate of drug-likeness (QED) is 0.411. The number of anilines is 1. The molecule has 0 saturated carbocycles. The van der Waals surface area contributed by atoms with E-state index in [1.807, 2.05) is 36.4 Å². The lowest BCUT2D eigenvalue weighted by atomic mass is 10.2. The van der Waals surface area contributed by atoms with E-state index < -0.39 is 0 Å². The van der Waals surface area contributed by atoms with Gasteiger partial charge in [-0.1, -0.05) is 37.3 Å². The van der Waals surface area contributed by atoms with Gasteiger partial charge in [-0.05, 0) is 47.8 Å². The van der Waals surface area contributed by atoms with Crippen molar-refractivity contribution in [2.75, 3.05) is 44.3 Å². The van der Waals surface area contributed by atoms with Crippen LogP contribution in [0.25, 0.3) is 10.2 Å². The Labute approximate surface area is 193 Å². The molecule has 4 rings (SSSR count). The van der Waals surface area contributed by atoms with Crippen LogP contribution in [0.1, 0.15) is 24.2 Å². The number of carbonyl (C=O) groups is 1. The molecular formula is C22H24IN3O3S. The molecule has 0 fully saturated rings. The molecular weight excluding hydrogens is 513 g/mol. The van der Waals surface area contributed by atoms with Gasteiger partial charge < -0.3 is 14.4 Å². The van der Waals surface area contributed by atoms with Crippen molar-refractivity contribution < 1.29 is 14.3 Å². The van der Waals surface area contributed by atoms with E-state index in [0.29, 0.717) is 36.2 Å². The third-order valence-electron chi connectivity index (χ3n) is 5.16. The van der Waals surface area contributed by atoms with Gasteiger partial charge >= 0.3 is 0 Å². The third-order valence-corrected chi connectivity index (χ3v) is 7.14. The molecule has 1 aromatic heterocycles. The van der Waals surface area contributed by atoms with Gasteiger partial charge in [-0.2, -0.15) is 0 Å². The van der Waals surface area contributed by atoms with E-state index >= 15 is 0 Å². The first-order valence-electron chi connectivity index (χ1n) is 10.1. The van der Waals surface area contributed by atoms with Crippen LogP contribution in [0.2, 0.25) is 0 Å². The number of likely N-dealkylation sites (N-methyl/N-ethyl adjacent to an activating group) is 1. The van der Waals surface area contributed by atoms with Crippen molar-refractivity contribution in [2.24, 2.45) is 0 Å². The summed E-state index contributed by atoms with van der Waals surface area (Å²) in [5.41, 5.74) is 1.52. The number of amides is 1. The van der Waals surface area contributed by atoms with Gasteiger partial charge in [0.05, 0.1) is 15.8 Å². The molecule has 1 amide bonds. The van der Waals surface area contributed by atoms with Crippen LogP contribution in [0, 0.1) is 3.57 Å². The second-order valence-corrected chi connectivity index (χ2v) is 9.09. The minimum absolute atomic E-state index is 0.0246. The Hall–Kier alpha value is -1.91. The monoisotopic (exact) mass is 537 g/mol. The number of rotatable bonds is 7. The number of benzene rings is 2. The number of ether oxygens (including phenoxy) is 2. The van der Waals surface area contributed by atoms with Crippen molar-refractivity contribution in [1.29, 1.82) is 0 Å². The molecule has 0 aliphatic carbocycles. The fourth-order valence-electron chi connectivity index (χ4n) is 3.41. The average molecular weight is 537 g/mol. The standard InChI is InChI=1S/C22H24IN3O3S/c1-3-25(4-2)9-10-26(21(27)15-7-5-6-8-16(15)23)22-24-17-13-18-19(14-20(17)30-22)29-12-11-28-18/h5-8,13-14H,3-4,9-12H2,1-2H3. The SMILES string of the molecule is CCN(CC)CCN(C(=O)c1ccccc1I)c1nc2cc3c(cc2s1)OCCO3. The van der Waals surface area contributed by atoms with Crippen molar-refractivity contribution in [2.45, 2.75) is 13.8 Å². The Morgan fingerprint density at radius 1 is 1.10 bits per heavy atom. The largest absolute Gasteiger partial charge is 0.486 e. The number of hydrogen-bond donors (Lipinski definition) is 0. The highest BCUT2D eigenvalue weighted by Crippen LogP contribution is 2.39. The Bertz CT molecular complexity index is 1010. The zero-order chi connectivity index (χ0) is 21.1. The predicted molar refractivity (Wildman–Crippen MR) is 129 cm³/mol. The van der Waals surface area contributed by atoms with Gasteiger partial charge in [-0.25, -0.2) is 4.98 Å². The summed E-state index contributed by atoms with van der Waals surface area (Å²) < 4.78 is 13.3. The van der Waals surface area contributed by atoms with E-state index in [1.54, 1.807) is 4.90 Å². The highest BCUT2D eigenvalue weighted by molar-refractivity contribution is 14.1. The van der Waals surface area contributed by atoms with E-state index in [9.17, 15) is 4.79 Å². The summed E-state index contributed by atoms with van der Waals surface area (Å²) in [5.74, 6) is 1.43. The first-order chi connectivity index (χ1) is 14.6. The number of carbonyl (C=O) groups excluding carboxylic acids is 1. The Kier molecular flexibility index (Phi) is 6.74. The molecule has 0 bridgehead atoms. The number of nitrogens with zero attached hydrogens (tertiary/aromatic N) is 3. The number of fused-ring (bicyclic) bond motifs is 2. The summed E-state index contributed by atoms with van der Waals surface area (Å²) in [6.07, 6.45) is 0. The summed E-state index contributed by atoms with van der Waals surface area (Å²) in [5, 5.41) is 0.698. The maximum Gasteiger partial charge on any atom is 0.261 e. The Balaban J connectivity index is 1.71. The van der Waals surface area contributed by atoms with Gasteiger partial charge in [0.15, 0.2) is 16.6 Å². The first-order valence-corrected chi connectivity index (χ1v) is 12.0.